The quantitative estimate of drug-likeness (QED) is 0.521. The molecule has 0 N–H and O–H groups in total. The predicted molar refractivity (Wildman–Crippen MR) is 104 cm³/mol. The van der Waals surface area contributed by atoms with E-state index in [9.17, 15) is 0 Å². The summed E-state index contributed by atoms with van der Waals surface area (Å²) in [4.78, 5) is 0. The van der Waals surface area contributed by atoms with Crippen molar-refractivity contribution in [2.75, 3.05) is 0 Å². The summed E-state index contributed by atoms with van der Waals surface area (Å²) < 4.78 is 5.70. The van der Waals surface area contributed by atoms with Crippen LogP contribution in [0.5, 0.6) is 0 Å². The summed E-state index contributed by atoms with van der Waals surface area (Å²) in [5.41, 5.74) is 8.48. The van der Waals surface area contributed by atoms with Crippen molar-refractivity contribution in [3.05, 3.63) is 64.2 Å². The summed E-state index contributed by atoms with van der Waals surface area (Å²) in [7, 11) is 0. The fourth-order valence-electron chi connectivity index (χ4n) is 3.43. The third-order valence-electron chi connectivity index (χ3n) is 4.98. The summed E-state index contributed by atoms with van der Waals surface area (Å²) in [6, 6.07) is 13.1. The van der Waals surface area contributed by atoms with Gasteiger partial charge in [0.25, 0.3) is 0 Å². The number of fused-ring (bicyclic) bond motifs is 1. The monoisotopic (exact) mass is 397 g/mol. The van der Waals surface area contributed by atoms with E-state index in [0.717, 1.165) is 6.42 Å². The van der Waals surface area contributed by atoms with Crippen LogP contribution in [0.3, 0.4) is 0 Å². The molecule has 0 aliphatic heterocycles. The van der Waals surface area contributed by atoms with E-state index >= 15 is 0 Å². The van der Waals surface area contributed by atoms with Crippen LogP contribution >= 0.6 is 24.8 Å². The molecular weight excluding hydrogens is 375 g/mol. The molecule has 1 aliphatic rings. The SMILES string of the molecule is CC1=C(C)C(C)=C(c2ccc3ccccc3c2C(C)[O][Ti])C1.Cl.Cl. The van der Waals surface area contributed by atoms with Gasteiger partial charge in [0.05, 0.1) is 0 Å². The Morgan fingerprint density at radius 3 is 2.21 bits per heavy atom. The number of halogens is 2. The van der Waals surface area contributed by atoms with Crippen molar-refractivity contribution < 1.29 is 24.1 Å². The van der Waals surface area contributed by atoms with Gasteiger partial charge in [0.2, 0.25) is 0 Å². The Balaban J connectivity index is 0.00000144. The van der Waals surface area contributed by atoms with Gasteiger partial charge in [-0.05, 0) is 0 Å². The molecule has 0 aromatic heterocycles. The molecule has 2 aromatic rings. The zero-order valence-corrected chi connectivity index (χ0v) is 17.7. The molecule has 1 nitrogen and oxygen atoms in total. The second kappa shape index (κ2) is 8.69. The second-order valence-corrected chi connectivity index (χ2v) is 6.56. The summed E-state index contributed by atoms with van der Waals surface area (Å²) in [6.07, 6.45) is 1.14. The van der Waals surface area contributed by atoms with Gasteiger partial charge in [-0.15, -0.1) is 24.8 Å². The second-order valence-electron chi connectivity index (χ2n) is 6.19. The van der Waals surface area contributed by atoms with Crippen molar-refractivity contribution in [2.45, 2.75) is 40.2 Å². The molecule has 1 atom stereocenters. The van der Waals surface area contributed by atoms with E-state index in [4.69, 9.17) is 3.32 Å². The minimum absolute atomic E-state index is 0. The van der Waals surface area contributed by atoms with Crippen LogP contribution in [0.4, 0.5) is 0 Å². The molecule has 127 valence electrons. The van der Waals surface area contributed by atoms with Crippen molar-refractivity contribution in [3.63, 3.8) is 0 Å². The van der Waals surface area contributed by atoms with Gasteiger partial charge in [0.15, 0.2) is 0 Å². The van der Waals surface area contributed by atoms with Crippen LogP contribution in [0, 0.1) is 0 Å². The normalized spacial score (nSPS) is 15.3. The Labute approximate surface area is 169 Å². The number of rotatable bonds is 3. The summed E-state index contributed by atoms with van der Waals surface area (Å²) >= 11 is 1.79. The molecule has 1 unspecified atom stereocenters. The minimum atomic E-state index is 0. The first kappa shape index (κ1) is 21.5. The summed E-state index contributed by atoms with van der Waals surface area (Å²) in [6.45, 7) is 8.87. The number of allylic oxidation sites excluding steroid dienone is 4. The van der Waals surface area contributed by atoms with Gasteiger partial charge >= 0.3 is 145 Å². The molecule has 2 aromatic carbocycles. The van der Waals surface area contributed by atoms with Gasteiger partial charge in [-0.25, -0.2) is 0 Å². The average Bonchev–Trinajstić information content (AvgIpc) is 2.80. The molecule has 0 spiro atoms. The van der Waals surface area contributed by atoms with Crippen molar-refractivity contribution in [1.29, 1.82) is 0 Å². The fraction of sp³-hybridized carbons (Fsp3) is 0.300. The number of benzene rings is 2. The molecule has 0 radical (unpaired) electrons. The first-order valence-corrected chi connectivity index (χ1v) is 8.39. The Hall–Kier alpha value is -0.566. The Morgan fingerprint density at radius 2 is 1.62 bits per heavy atom. The van der Waals surface area contributed by atoms with Crippen LogP contribution in [0.2, 0.25) is 0 Å². The smallest absolute Gasteiger partial charge is 0.147 e. The van der Waals surface area contributed by atoms with Crippen LogP contribution in [0.1, 0.15) is 51.3 Å². The van der Waals surface area contributed by atoms with E-state index in [-0.39, 0.29) is 30.9 Å². The van der Waals surface area contributed by atoms with E-state index < -0.39 is 0 Å². The standard InChI is InChI=1S/C20H21O.2ClH.Ti/c1-12-11-19(14(3)13(12)2)18-10-9-16-7-5-6-8-17(16)20(18)15(4)21;;;/h5-10,15H,11H2,1-4H3;2*1H;/q-1;;;+1. The maximum atomic E-state index is 5.70. The third-order valence-corrected chi connectivity index (χ3v) is 5.53. The van der Waals surface area contributed by atoms with Crippen molar-refractivity contribution in [3.8, 4) is 0 Å². The van der Waals surface area contributed by atoms with Crippen LogP contribution in [0.25, 0.3) is 16.3 Å². The van der Waals surface area contributed by atoms with Crippen LogP contribution in [-0.4, -0.2) is 0 Å². The molecule has 24 heavy (non-hydrogen) atoms. The van der Waals surface area contributed by atoms with Crippen LogP contribution in [0.15, 0.2) is 53.1 Å². The average molecular weight is 398 g/mol. The fourth-order valence-corrected chi connectivity index (χ4v) is 3.61. The van der Waals surface area contributed by atoms with E-state index in [2.05, 4.69) is 64.1 Å². The molecule has 0 bridgehead atoms. The van der Waals surface area contributed by atoms with Gasteiger partial charge in [-0.3, -0.25) is 0 Å². The molecule has 0 heterocycles. The molecule has 0 fully saturated rings. The summed E-state index contributed by atoms with van der Waals surface area (Å²) in [5, 5.41) is 2.58. The van der Waals surface area contributed by atoms with E-state index in [0.29, 0.717) is 0 Å². The summed E-state index contributed by atoms with van der Waals surface area (Å²) in [5.74, 6) is 0. The van der Waals surface area contributed by atoms with E-state index in [1.165, 1.54) is 44.2 Å². The maximum Gasteiger partial charge on any atom is -0.147 e. The first-order chi connectivity index (χ1) is 10.5. The Bertz CT molecular complexity index is 808. The van der Waals surface area contributed by atoms with Gasteiger partial charge in [0.1, 0.15) is 0 Å². The van der Waals surface area contributed by atoms with Gasteiger partial charge in [-0.2, -0.15) is 0 Å². The molecule has 0 saturated heterocycles. The topological polar surface area (TPSA) is 9.23 Å². The van der Waals surface area contributed by atoms with Crippen molar-refractivity contribution in [2.24, 2.45) is 0 Å². The molecule has 0 saturated carbocycles. The van der Waals surface area contributed by atoms with Gasteiger partial charge in [0, 0.05) is 0 Å². The van der Waals surface area contributed by atoms with Gasteiger partial charge in [-0.1, -0.05) is 0 Å². The van der Waals surface area contributed by atoms with Crippen LogP contribution in [-0.2, 0) is 24.1 Å². The molecule has 4 heteroatoms. The van der Waals surface area contributed by atoms with Crippen LogP contribution < -0.4 is 0 Å². The Kier molecular flexibility index (Phi) is 7.78. The molecule has 0 amide bonds. The number of hydrogen-bond donors (Lipinski definition) is 0. The zero-order chi connectivity index (χ0) is 15.9. The van der Waals surface area contributed by atoms with E-state index in [1.54, 1.807) is 20.8 Å². The minimum Gasteiger partial charge on any atom is -0.147 e. The predicted octanol–water partition coefficient (Wildman–Crippen LogP) is 6.74. The third kappa shape index (κ3) is 3.66. The first-order valence-electron chi connectivity index (χ1n) is 7.75. The molecular formula is C20H23Cl2OTi. The van der Waals surface area contributed by atoms with E-state index in [1.807, 2.05) is 0 Å². The Morgan fingerprint density at radius 1 is 0.958 bits per heavy atom. The van der Waals surface area contributed by atoms with Crippen molar-refractivity contribution in [1.82, 2.24) is 0 Å². The van der Waals surface area contributed by atoms with Gasteiger partial charge < -0.3 is 0 Å². The number of hydrogen-bond acceptors (Lipinski definition) is 1. The largest absolute Gasteiger partial charge is 0.147 e. The van der Waals surface area contributed by atoms with Crippen molar-refractivity contribution >= 4 is 41.2 Å². The maximum absolute atomic E-state index is 5.70. The molecule has 3 rings (SSSR count). The zero-order valence-electron chi connectivity index (χ0n) is 14.5. The molecule has 1 aliphatic carbocycles.